The second-order valence-electron chi connectivity index (χ2n) is 5.41. The normalized spacial score (nSPS) is 10.6. The van der Waals surface area contributed by atoms with E-state index >= 15 is 0 Å². The van der Waals surface area contributed by atoms with Crippen LogP contribution in [0.3, 0.4) is 0 Å². The van der Waals surface area contributed by atoms with E-state index in [9.17, 15) is 4.79 Å². The average molecular weight is 341 g/mol. The first kappa shape index (κ1) is 16.2. The molecule has 0 saturated carbocycles. The molecule has 3 aromatic rings. The minimum atomic E-state index is -0.271. The number of hydrogen-bond acceptors (Lipinski definition) is 3. The van der Waals surface area contributed by atoms with E-state index in [0.717, 1.165) is 27.5 Å². The molecule has 2 N–H and O–H groups in total. The van der Waals surface area contributed by atoms with Crippen molar-refractivity contribution in [3.05, 3.63) is 53.4 Å². The van der Waals surface area contributed by atoms with E-state index in [1.165, 1.54) is 0 Å². The number of aryl methyl sites for hydroxylation is 1. The van der Waals surface area contributed by atoms with Crippen LogP contribution in [0.1, 0.15) is 12.5 Å². The standard InChI is InChI=1S/C18H17ClN4O/c1-3-20-18(24)23-16-9-13-8-12(7-11(2)15(13)10-22-16)14-5-4-6-21-17(14)19/h4-10H,3H2,1-2H3,(H2,20,22,23,24). The zero-order valence-electron chi connectivity index (χ0n) is 13.4. The Morgan fingerprint density at radius 3 is 2.83 bits per heavy atom. The van der Waals surface area contributed by atoms with E-state index in [2.05, 4.69) is 26.7 Å². The molecule has 5 nitrogen and oxygen atoms in total. The number of nitrogens with one attached hydrogen (secondary N) is 2. The summed E-state index contributed by atoms with van der Waals surface area (Å²) in [5.74, 6) is 0.502. The van der Waals surface area contributed by atoms with Gasteiger partial charge in [-0.3, -0.25) is 5.32 Å². The van der Waals surface area contributed by atoms with Gasteiger partial charge >= 0.3 is 6.03 Å². The highest BCUT2D eigenvalue weighted by Crippen LogP contribution is 2.31. The molecule has 0 fully saturated rings. The molecule has 0 atom stereocenters. The minimum absolute atomic E-state index is 0.271. The quantitative estimate of drug-likeness (QED) is 0.694. The third kappa shape index (κ3) is 3.31. The van der Waals surface area contributed by atoms with Crippen LogP contribution in [0.2, 0.25) is 5.15 Å². The SMILES string of the molecule is CCNC(=O)Nc1cc2cc(-c3cccnc3Cl)cc(C)c2cn1. The molecule has 2 heterocycles. The highest BCUT2D eigenvalue weighted by molar-refractivity contribution is 6.32. The van der Waals surface area contributed by atoms with Gasteiger partial charge in [0.2, 0.25) is 0 Å². The van der Waals surface area contributed by atoms with E-state index < -0.39 is 0 Å². The van der Waals surface area contributed by atoms with Crippen LogP contribution in [0, 0.1) is 6.92 Å². The van der Waals surface area contributed by atoms with Crippen LogP contribution in [-0.4, -0.2) is 22.5 Å². The number of hydrogen-bond donors (Lipinski definition) is 2. The smallest absolute Gasteiger partial charge is 0.320 e. The van der Waals surface area contributed by atoms with Crippen LogP contribution in [0.5, 0.6) is 0 Å². The molecule has 6 heteroatoms. The van der Waals surface area contributed by atoms with Crippen molar-refractivity contribution in [1.29, 1.82) is 0 Å². The van der Waals surface area contributed by atoms with Gasteiger partial charge in [0.05, 0.1) is 0 Å². The Morgan fingerprint density at radius 1 is 1.25 bits per heavy atom. The maximum atomic E-state index is 11.7. The number of aromatic nitrogens is 2. The largest absolute Gasteiger partial charge is 0.338 e. The molecule has 0 unspecified atom stereocenters. The van der Waals surface area contributed by atoms with E-state index in [4.69, 9.17) is 11.6 Å². The molecule has 2 amide bonds. The van der Waals surface area contributed by atoms with Gasteiger partial charge in [-0.2, -0.15) is 0 Å². The number of nitrogens with zero attached hydrogens (tertiary/aromatic N) is 2. The first-order chi connectivity index (χ1) is 11.6. The Morgan fingerprint density at radius 2 is 2.08 bits per heavy atom. The van der Waals surface area contributed by atoms with Crippen molar-refractivity contribution >= 4 is 34.2 Å². The summed E-state index contributed by atoms with van der Waals surface area (Å²) in [6.45, 7) is 4.44. The van der Waals surface area contributed by atoms with Crippen LogP contribution in [0.25, 0.3) is 21.9 Å². The van der Waals surface area contributed by atoms with Crippen molar-refractivity contribution < 1.29 is 4.79 Å². The third-order valence-corrected chi connectivity index (χ3v) is 3.99. The van der Waals surface area contributed by atoms with Crippen molar-refractivity contribution in [1.82, 2.24) is 15.3 Å². The first-order valence-electron chi connectivity index (χ1n) is 7.64. The number of pyridine rings is 2. The molecule has 0 aliphatic heterocycles. The molecule has 122 valence electrons. The molecule has 0 radical (unpaired) electrons. The van der Waals surface area contributed by atoms with Gasteiger partial charge in [0, 0.05) is 29.9 Å². The number of anilines is 1. The van der Waals surface area contributed by atoms with E-state index in [0.29, 0.717) is 17.5 Å². The summed E-state index contributed by atoms with van der Waals surface area (Å²) in [6.07, 6.45) is 3.43. The minimum Gasteiger partial charge on any atom is -0.338 e. The average Bonchev–Trinajstić information content (AvgIpc) is 2.55. The van der Waals surface area contributed by atoms with Gasteiger partial charge in [0.25, 0.3) is 0 Å². The van der Waals surface area contributed by atoms with Gasteiger partial charge in [-0.25, -0.2) is 14.8 Å². The van der Waals surface area contributed by atoms with Gasteiger partial charge in [-0.15, -0.1) is 0 Å². The number of benzene rings is 1. The second kappa shape index (κ2) is 6.84. The van der Waals surface area contributed by atoms with Gasteiger partial charge in [0.1, 0.15) is 11.0 Å². The second-order valence-corrected chi connectivity index (χ2v) is 5.77. The zero-order valence-corrected chi connectivity index (χ0v) is 14.2. The van der Waals surface area contributed by atoms with E-state index in [-0.39, 0.29) is 6.03 Å². The molecule has 0 aliphatic rings. The summed E-state index contributed by atoms with van der Waals surface area (Å²) < 4.78 is 0. The monoisotopic (exact) mass is 340 g/mol. The van der Waals surface area contributed by atoms with Crippen molar-refractivity contribution in [3.63, 3.8) is 0 Å². The van der Waals surface area contributed by atoms with Crippen LogP contribution < -0.4 is 10.6 Å². The van der Waals surface area contributed by atoms with E-state index in [1.807, 2.05) is 38.1 Å². The molecule has 24 heavy (non-hydrogen) atoms. The number of halogens is 1. The van der Waals surface area contributed by atoms with Gasteiger partial charge in [0.15, 0.2) is 0 Å². The van der Waals surface area contributed by atoms with Crippen LogP contribution in [-0.2, 0) is 0 Å². The Balaban J connectivity index is 2.05. The summed E-state index contributed by atoms with van der Waals surface area (Å²) in [6, 6.07) is 9.46. The van der Waals surface area contributed by atoms with Crippen LogP contribution >= 0.6 is 11.6 Å². The first-order valence-corrected chi connectivity index (χ1v) is 8.02. The molecule has 0 spiro atoms. The molecule has 1 aromatic carbocycles. The zero-order chi connectivity index (χ0) is 17.1. The van der Waals surface area contributed by atoms with Gasteiger partial charge < -0.3 is 5.32 Å². The predicted molar refractivity (Wildman–Crippen MR) is 97.4 cm³/mol. The Bertz CT molecular complexity index is 911. The summed E-state index contributed by atoms with van der Waals surface area (Å²) in [4.78, 5) is 20.1. The molecule has 0 bridgehead atoms. The summed E-state index contributed by atoms with van der Waals surface area (Å²) in [7, 11) is 0. The molecule has 2 aromatic heterocycles. The summed E-state index contributed by atoms with van der Waals surface area (Å²) in [5, 5.41) is 7.88. The fraction of sp³-hybridized carbons (Fsp3) is 0.167. The molecular formula is C18H17ClN4O. The third-order valence-electron chi connectivity index (χ3n) is 3.69. The predicted octanol–water partition coefficient (Wildman–Crippen LogP) is 4.40. The van der Waals surface area contributed by atoms with Crippen molar-refractivity contribution in [2.45, 2.75) is 13.8 Å². The van der Waals surface area contributed by atoms with Crippen molar-refractivity contribution in [2.75, 3.05) is 11.9 Å². The van der Waals surface area contributed by atoms with Gasteiger partial charge in [-0.1, -0.05) is 17.7 Å². The Hall–Kier alpha value is -2.66. The highest BCUT2D eigenvalue weighted by Gasteiger charge is 2.09. The number of fused-ring (bicyclic) bond motifs is 1. The molecular weight excluding hydrogens is 324 g/mol. The van der Waals surface area contributed by atoms with Crippen molar-refractivity contribution in [2.24, 2.45) is 0 Å². The fourth-order valence-corrected chi connectivity index (χ4v) is 2.81. The topological polar surface area (TPSA) is 66.9 Å². The lowest BCUT2D eigenvalue weighted by Gasteiger charge is -2.10. The lowest BCUT2D eigenvalue weighted by atomic mass is 9.99. The Labute approximate surface area is 145 Å². The lowest BCUT2D eigenvalue weighted by molar-refractivity contribution is 0.252. The number of urea groups is 1. The number of carbonyl (C=O) groups excluding carboxylic acids is 1. The number of rotatable bonds is 3. The van der Waals surface area contributed by atoms with E-state index in [1.54, 1.807) is 12.4 Å². The maximum Gasteiger partial charge on any atom is 0.320 e. The van der Waals surface area contributed by atoms with Crippen LogP contribution in [0.15, 0.2) is 42.7 Å². The summed E-state index contributed by atoms with van der Waals surface area (Å²) >= 11 is 6.21. The maximum absolute atomic E-state index is 11.7. The molecule has 0 aliphatic carbocycles. The molecule has 3 rings (SSSR count). The van der Waals surface area contributed by atoms with Crippen LogP contribution in [0.4, 0.5) is 10.6 Å². The molecule has 0 saturated heterocycles. The van der Waals surface area contributed by atoms with Gasteiger partial charge in [-0.05, 0) is 54.6 Å². The fourth-order valence-electron chi connectivity index (χ4n) is 2.59. The van der Waals surface area contributed by atoms with Crippen molar-refractivity contribution in [3.8, 4) is 11.1 Å². The number of carbonyl (C=O) groups is 1. The Kier molecular flexibility index (Phi) is 4.62. The highest BCUT2D eigenvalue weighted by atomic mass is 35.5. The number of amides is 2. The lowest BCUT2D eigenvalue weighted by Crippen LogP contribution is -2.28. The summed E-state index contributed by atoms with van der Waals surface area (Å²) in [5.41, 5.74) is 2.94.